The zero-order valence-corrected chi connectivity index (χ0v) is 20.4. The zero-order chi connectivity index (χ0) is 25.4. The van der Waals surface area contributed by atoms with Gasteiger partial charge in [-0.2, -0.15) is 0 Å². The summed E-state index contributed by atoms with van der Waals surface area (Å²) in [5.74, 6) is -2.91. The number of carbonyl (C=O) groups excluding carboxylic acids is 3. The Morgan fingerprint density at radius 2 is 1.65 bits per heavy atom. The lowest BCUT2D eigenvalue weighted by Crippen LogP contribution is -2.42. The molecule has 7 nitrogen and oxygen atoms in total. The van der Waals surface area contributed by atoms with Gasteiger partial charge in [0.25, 0.3) is 0 Å². The van der Waals surface area contributed by atoms with E-state index in [1.54, 1.807) is 30.3 Å². The number of fused-ring (bicyclic) bond motifs is 6. The van der Waals surface area contributed by atoms with Crippen molar-refractivity contribution < 1.29 is 28.6 Å². The molecule has 0 aromatic heterocycles. The number of aryl methyl sites for hydroxylation is 1. The van der Waals surface area contributed by atoms with Crippen molar-refractivity contribution in [2.24, 2.45) is 17.8 Å². The predicted molar refractivity (Wildman–Crippen MR) is 135 cm³/mol. The van der Waals surface area contributed by atoms with Gasteiger partial charge in [-0.1, -0.05) is 48.0 Å². The maximum absolute atomic E-state index is 14.0. The van der Waals surface area contributed by atoms with Crippen molar-refractivity contribution in [3.63, 3.8) is 0 Å². The van der Waals surface area contributed by atoms with E-state index in [2.05, 4.69) is 0 Å². The smallest absolute Gasteiger partial charge is 0.319 e. The van der Waals surface area contributed by atoms with E-state index in [-0.39, 0.29) is 11.8 Å². The van der Waals surface area contributed by atoms with Crippen LogP contribution in [0.5, 0.6) is 17.2 Å². The van der Waals surface area contributed by atoms with Crippen molar-refractivity contribution in [2.45, 2.75) is 12.8 Å². The van der Waals surface area contributed by atoms with Crippen molar-refractivity contribution in [1.82, 2.24) is 0 Å². The summed E-state index contributed by atoms with van der Waals surface area (Å²) >= 11 is 6.42. The van der Waals surface area contributed by atoms with Gasteiger partial charge in [0.05, 0.1) is 28.5 Å². The molecule has 37 heavy (non-hydrogen) atoms. The molecule has 0 spiro atoms. The number of halogens is 1. The second kappa shape index (κ2) is 7.95. The van der Waals surface area contributed by atoms with Crippen LogP contribution in [0.15, 0.2) is 66.7 Å². The Hall–Kier alpha value is -4.10. The molecule has 2 amide bonds. The summed E-state index contributed by atoms with van der Waals surface area (Å²) in [7, 11) is 0. The highest BCUT2D eigenvalue weighted by Crippen LogP contribution is 2.55. The first kappa shape index (κ1) is 22.1. The number of esters is 1. The van der Waals surface area contributed by atoms with Gasteiger partial charge in [-0.3, -0.25) is 14.4 Å². The van der Waals surface area contributed by atoms with E-state index in [9.17, 15) is 14.4 Å². The molecule has 3 heterocycles. The summed E-state index contributed by atoms with van der Waals surface area (Å²) in [6, 6.07) is 17.9. The van der Waals surface area contributed by atoms with Crippen LogP contribution < -0.4 is 19.1 Å². The van der Waals surface area contributed by atoms with Gasteiger partial charge in [-0.05, 0) is 54.0 Å². The Labute approximate surface area is 217 Å². The Kier molecular flexibility index (Phi) is 4.75. The highest BCUT2D eigenvalue weighted by atomic mass is 35.5. The lowest BCUT2D eigenvalue weighted by atomic mass is 9.64. The van der Waals surface area contributed by atoms with E-state index >= 15 is 0 Å². The number of hydrogen-bond acceptors (Lipinski definition) is 6. The topological polar surface area (TPSA) is 82.1 Å². The molecule has 0 unspecified atom stereocenters. The van der Waals surface area contributed by atoms with Crippen molar-refractivity contribution in [1.29, 1.82) is 0 Å². The maximum atomic E-state index is 14.0. The van der Waals surface area contributed by atoms with Gasteiger partial charge in [-0.15, -0.1) is 0 Å². The van der Waals surface area contributed by atoms with Crippen molar-refractivity contribution in [3.8, 4) is 17.2 Å². The molecule has 1 saturated heterocycles. The van der Waals surface area contributed by atoms with Crippen LogP contribution in [-0.4, -0.2) is 24.6 Å². The normalized spacial score (nSPS) is 25.3. The number of benzene rings is 3. The van der Waals surface area contributed by atoms with Gasteiger partial charge in [0, 0.05) is 11.5 Å². The van der Waals surface area contributed by atoms with Crippen LogP contribution in [0, 0.1) is 24.7 Å². The summed E-state index contributed by atoms with van der Waals surface area (Å²) in [6.07, 6.45) is 1.94. The molecule has 3 aliphatic heterocycles. The minimum atomic E-state index is -0.943. The number of amides is 2. The molecule has 8 heteroatoms. The molecule has 1 aliphatic carbocycles. The zero-order valence-electron chi connectivity index (χ0n) is 19.6. The lowest BCUT2D eigenvalue weighted by Gasteiger charge is -2.38. The summed E-state index contributed by atoms with van der Waals surface area (Å²) in [6.45, 7) is 2.04. The molecule has 0 radical (unpaired) electrons. The van der Waals surface area contributed by atoms with Crippen LogP contribution in [0.3, 0.4) is 0 Å². The first-order chi connectivity index (χ1) is 17.9. The quantitative estimate of drug-likeness (QED) is 0.275. The van der Waals surface area contributed by atoms with Gasteiger partial charge < -0.3 is 14.2 Å². The fourth-order valence-corrected chi connectivity index (χ4v) is 6.21. The predicted octanol–water partition coefficient (Wildman–Crippen LogP) is 4.90. The van der Waals surface area contributed by atoms with Crippen molar-refractivity contribution in [2.75, 3.05) is 11.7 Å². The largest absolute Gasteiger partial charge is 0.454 e. The van der Waals surface area contributed by atoms with Gasteiger partial charge in [0.2, 0.25) is 18.6 Å². The van der Waals surface area contributed by atoms with Gasteiger partial charge in [0.15, 0.2) is 11.5 Å². The van der Waals surface area contributed by atoms with Crippen molar-refractivity contribution >= 4 is 40.6 Å². The average Bonchev–Trinajstić information content (AvgIpc) is 3.46. The first-order valence-electron chi connectivity index (χ1n) is 12.0. The molecule has 184 valence electrons. The molecular weight excluding hydrogens is 494 g/mol. The number of hydrogen-bond donors (Lipinski definition) is 0. The number of para-hydroxylation sites is 1. The van der Waals surface area contributed by atoms with Crippen LogP contribution in [0.25, 0.3) is 5.57 Å². The molecule has 0 N–H and O–H groups in total. The number of rotatable bonds is 2. The number of imide groups is 1. The molecule has 4 aliphatic rings. The number of anilines is 1. The molecular formula is C29H20ClNO6. The van der Waals surface area contributed by atoms with Crippen LogP contribution in [0.1, 0.15) is 22.6 Å². The second-order valence-corrected chi connectivity index (χ2v) is 10.1. The molecule has 7 rings (SSSR count). The monoisotopic (exact) mass is 513 g/mol. The van der Waals surface area contributed by atoms with Crippen LogP contribution in [0.4, 0.5) is 5.69 Å². The lowest BCUT2D eigenvalue weighted by molar-refractivity contribution is -0.142. The van der Waals surface area contributed by atoms with Gasteiger partial charge in [-0.25, -0.2) is 4.90 Å². The van der Waals surface area contributed by atoms with Crippen LogP contribution >= 0.6 is 11.6 Å². The molecule has 0 saturated carbocycles. The SMILES string of the molecule is Cc1ccc2c(c1)OC(=O)[C@@H]1C2=C[C@H](c2ccc3c(c2)OCO3)[C@@H]2C(=O)N(c3ccccc3Cl)C(=O)[C@H]12. The fourth-order valence-electron chi connectivity index (χ4n) is 5.98. The van der Waals surface area contributed by atoms with E-state index in [4.69, 9.17) is 25.8 Å². The van der Waals surface area contributed by atoms with E-state index < -0.39 is 41.5 Å². The maximum Gasteiger partial charge on any atom is 0.319 e. The Morgan fingerprint density at radius 1 is 0.865 bits per heavy atom. The summed E-state index contributed by atoms with van der Waals surface area (Å²) in [4.78, 5) is 42.5. The van der Waals surface area contributed by atoms with Gasteiger partial charge >= 0.3 is 5.97 Å². The van der Waals surface area contributed by atoms with E-state index in [0.717, 1.165) is 21.6 Å². The minimum Gasteiger partial charge on any atom is -0.454 e. The summed E-state index contributed by atoms with van der Waals surface area (Å²) in [5, 5.41) is 0.280. The molecule has 0 bridgehead atoms. The Morgan fingerprint density at radius 3 is 2.49 bits per heavy atom. The third-order valence-electron chi connectivity index (χ3n) is 7.63. The standard InChI is InChI=1S/C29H20ClNO6/c1-14-6-8-16-18-12-17(15-7-9-21-23(11-15)36-13-35-21)24-26(25(18)29(34)37-22(16)10-14)28(33)31(27(24)32)20-5-3-2-4-19(20)30/h2-12,17,24-26H,13H2,1H3/t17-,24+,25-,26+/m1/s1. The summed E-state index contributed by atoms with van der Waals surface area (Å²) < 4.78 is 16.8. The second-order valence-electron chi connectivity index (χ2n) is 9.67. The van der Waals surface area contributed by atoms with Crippen LogP contribution in [-0.2, 0) is 14.4 Å². The van der Waals surface area contributed by atoms with E-state index in [1.165, 1.54) is 0 Å². The molecule has 4 atom stereocenters. The Bertz CT molecular complexity index is 1560. The number of allylic oxidation sites excluding steroid dienone is 1. The average molecular weight is 514 g/mol. The molecule has 3 aromatic carbocycles. The number of carbonyl (C=O) groups is 3. The van der Waals surface area contributed by atoms with Crippen LogP contribution in [0.2, 0.25) is 5.02 Å². The third kappa shape index (κ3) is 3.17. The number of nitrogens with zero attached hydrogens (tertiary/aromatic N) is 1. The van der Waals surface area contributed by atoms with Crippen molar-refractivity contribution in [3.05, 3.63) is 88.5 Å². The number of ether oxygens (including phenoxy) is 3. The highest BCUT2D eigenvalue weighted by Gasteiger charge is 2.60. The molecule has 1 fully saturated rings. The van der Waals surface area contributed by atoms with E-state index in [1.807, 2.05) is 43.3 Å². The van der Waals surface area contributed by atoms with Gasteiger partial charge in [0.1, 0.15) is 5.75 Å². The van der Waals surface area contributed by atoms with E-state index in [0.29, 0.717) is 28.5 Å². The fraction of sp³-hybridized carbons (Fsp3) is 0.207. The molecule has 3 aromatic rings. The third-order valence-corrected chi connectivity index (χ3v) is 7.95. The minimum absolute atomic E-state index is 0.120. The highest BCUT2D eigenvalue weighted by molar-refractivity contribution is 6.36. The Balaban J connectivity index is 1.44. The first-order valence-corrected chi connectivity index (χ1v) is 12.4. The summed E-state index contributed by atoms with van der Waals surface area (Å²) in [5.41, 5.74) is 3.48.